The second-order valence-corrected chi connectivity index (χ2v) is 7.65. The Balaban J connectivity index is 5.16. The van der Waals surface area contributed by atoms with Gasteiger partial charge in [0.25, 0.3) is 11.7 Å². The maximum absolute atomic E-state index is 12.1. The lowest BCUT2D eigenvalue weighted by molar-refractivity contribution is -0.236. The van der Waals surface area contributed by atoms with E-state index in [4.69, 9.17) is 15.4 Å². The summed E-state index contributed by atoms with van der Waals surface area (Å²) in [6, 6.07) is 0. The third kappa shape index (κ3) is 8.30. The van der Waals surface area contributed by atoms with Crippen LogP contribution in [0.1, 0.15) is 26.7 Å². The van der Waals surface area contributed by atoms with Crippen molar-refractivity contribution in [2.75, 3.05) is 13.2 Å². The summed E-state index contributed by atoms with van der Waals surface area (Å²) in [6.45, 7) is 1.79. The largest absolute Gasteiger partial charge is 0.400 e. The number of carbonyl (C=O) groups excluding carboxylic acids is 1. The molecule has 0 aromatic carbocycles. The molecule has 1 amide bonds. The molecule has 1 unspecified atom stereocenters. The Morgan fingerprint density at radius 1 is 1.22 bits per heavy atom. The molecular weight excluding hydrogens is 392 g/mol. The van der Waals surface area contributed by atoms with Gasteiger partial charge in [0.15, 0.2) is 0 Å². The molecule has 0 aliphatic rings. The number of aliphatic hydroxyl groups excluding tert-OH is 5. The van der Waals surface area contributed by atoms with Gasteiger partial charge in [-0.25, -0.2) is 4.18 Å². The van der Waals surface area contributed by atoms with Crippen molar-refractivity contribution in [3.63, 3.8) is 0 Å². The van der Waals surface area contributed by atoms with Gasteiger partial charge in [0, 0.05) is 12.1 Å². The molecule has 0 spiro atoms. The number of nitrogens with two attached hydrogens (primary N) is 1. The van der Waals surface area contributed by atoms with Crippen LogP contribution >= 0.6 is 0 Å². The van der Waals surface area contributed by atoms with Gasteiger partial charge in [-0.3, -0.25) is 9.35 Å². The van der Waals surface area contributed by atoms with Crippen LogP contribution in [0.3, 0.4) is 0 Å². The van der Waals surface area contributed by atoms with Crippen LogP contribution in [0, 0.1) is 0 Å². The third-order valence-electron chi connectivity index (χ3n) is 3.66. The number of amides is 1. The molecule has 0 saturated carbocycles. The van der Waals surface area contributed by atoms with Crippen LogP contribution in [0.4, 0.5) is 0 Å². The Morgan fingerprint density at radius 2 is 1.74 bits per heavy atom. The van der Waals surface area contributed by atoms with E-state index in [-0.39, 0.29) is 19.4 Å². The van der Waals surface area contributed by atoms with Gasteiger partial charge in [-0.05, 0) is 26.7 Å². The maximum Gasteiger partial charge on any atom is 0.400 e. The first-order valence-electron chi connectivity index (χ1n) is 7.87. The molecule has 0 heterocycles. The summed E-state index contributed by atoms with van der Waals surface area (Å²) in [5.74, 6) is -5.38. The van der Waals surface area contributed by atoms with Gasteiger partial charge in [0.2, 0.25) is 0 Å². The van der Waals surface area contributed by atoms with Crippen LogP contribution in [0.5, 0.6) is 0 Å². The van der Waals surface area contributed by atoms with Gasteiger partial charge in [-0.15, -0.1) is 0 Å². The molecule has 162 valence electrons. The number of rotatable bonds is 12. The van der Waals surface area contributed by atoms with Gasteiger partial charge >= 0.3 is 10.4 Å². The second kappa shape index (κ2) is 10.0. The summed E-state index contributed by atoms with van der Waals surface area (Å²) in [5, 5.41) is 59.3. The molecule has 0 bridgehead atoms. The number of hydrogen-bond donors (Lipinski definition) is 9. The van der Waals surface area contributed by atoms with Gasteiger partial charge in [-0.2, -0.15) is 8.42 Å². The van der Waals surface area contributed by atoms with Crippen molar-refractivity contribution >= 4 is 16.3 Å². The minimum atomic E-state index is -5.48. The zero-order valence-electron chi connectivity index (χ0n) is 14.9. The van der Waals surface area contributed by atoms with Gasteiger partial charge < -0.3 is 41.7 Å². The molecule has 13 nitrogen and oxygen atoms in total. The van der Waals surface area contributed by atoms with Crippen molar-refractivity contribution in [1.29, 1.82) is 0 Å². The second-order valence-electron chi connectivity index (χ2n) is 6.63. The monoisotopic (exact) mass is 420 g/mol. The Hall–Kier alpha value is -0.940. The summed E-state index contributed by atoms with van der Waals surface area (Å²) < 4.78 is 34.3. The lowest BCUT2D eigenvalue weighted by atomic mass is 9.95. The average molecular weight is 420 g/mol. The number of carbonyl (C=O) groups is 1. The Labute approximate surface area is 156 Å². The number of aliphatic hydroxyl groups is 6. The van der Waals surface area contributed by atoms with E-state index in [2.05, 4.69) is 4.18 Å². The summed E-state index contributed by atoms with van der Waals surface area (Å²) in [6.07, 6.45) is -7.94. The van der Waals surface area contributed by atoms with Gasteiger partial charge in [0.05, 0.1) is 12.7 Å². The minimum absolute atomic E-state index is 0.118. The summed E-state index contributed by atoms with van der Waals surface area (Å²) in [7, 11) is -5.48. The van der Waals surface area contributed by atoms with E-state index in [0.29, 0.717) is 0 Å². The summed E-state index contributed by atoms with van der Waals surface area (Å²) in [5.41, 5.74) is 4.76. The van der Waals surface area contributed by atoms with E-state index in [0.717, 1.165) is 0 Å². The average Bonchev–Trinajstić information content (AvgIpc) is 2.53. The Morgan fingerprint density at radius 3 is 2.15 bits per heavy atom. The van der Waals surface area contributed by atoms with Gasteiger partial charge in [0.1, 0.15) is 18.3 Å². The molecule has 5 atom stereocenters. The summed E-state index contributed by atoms with van der Waals surface area (Å²) >= 11 is 0. The first-order valence-corrected chi connectivity index (χ1v) is 9.23. The molecule has 0 aromatic heterocycles. The fraction of sp³-hybridized carbons (Fsp3) is 0.923. The summed E-state index contributed by atoms with van der Waals surface area (Å²) in [4.78, 5) is 12.1. The Bertz CT molecular complexity index is 579. The van der Waals surface area contributed by atoms with Crippen LogP contribution in [0.2, 0.25) is 0 Å². The van der Waals surface area contributed by atoms with Crippen molar-refractivity contribution in [2.24, 2.45) is 5.73 Å². The van der Waals surface area contributed by atoms with Crippen molar-refractivity contribution in [2.45, 2.75) is 62.4 Å². The Kier molecular flexibility index (Phi) is 9.67. The number of hydrogen-bond acceptors (Lipinski definition) is 11. The lowest BCUT2D eigenvalue weighted by Gasteiger charge is -2.33. The molecule has 0 aliphatic carbocycles. The molecule has 10 N–H and O–H groups in total. The molecule has 0 saturated heterocycles. The number of nitrogens with one attached hydrogen (secondary N) is 1. The molecule has 14 heteroatoms. The van der Waals surface area contributed by atoms with Crippen LogP contribution in [0.25, 0.3) is 0 Å². The fourth-order valence-electron chi connectivity index (χ4n) is 1.93. The van der Waals surface area contributed by atoms with E-state index in [1.165, 1.54) is 0 Å². The zero-order chi connectivity index (χ0) is 21.6. The molecule has 0 radical (unpaired) electrons. The van der Waals surface area contributed by atoms with E-state index in [1.807, 2.05) is 5.32 Å². The molecule has 0 rings (SSSR count). The predicted octanol–water partition coefficient (Wildman–Crippen LogP) is -4.44. The first kappa shape index (κ1) is 26.1. The van der Waals surface area contributed by atoms with Crippen molar-refractivity contribution in [3.8, 4) is 0 Å². The van der Waals surface area contributed by atoms with Crippen LogP contribution in [-0.4, -0.2) is 98.4 Å². The van der Waals surface area contributed by atoms with Crippen LogP contribution < -0.4 is 11.1 Å². The third-order valence-corrected chi connectivity index (χ3v) is 4.13. The highest BCUT2D eigenvalue weighted by Gasteiger charge is 2.52. The molecular formula is C13H28N2O11S. The van der Waals surface area contributed by atoms with E-state index < -0.39 is 58.7 Å². The normalized spacial score (nSPS) is 19.6. The highest BCUT2D eigenvalue weighted by molar-refractivity contribution is 7.81. The molecule has 0 aliphatic heterocycles. The topological polar surface area (TPSA) is 240 Å². The highest BCUT2D eigenvalue weighted by Crippen LogP contribution is 2.21. The standard InChI is InChI=1S/C13H28N2O11S/c1-12(2,14)8(18)4-3-5-15-11(21)13(22,26-27(23,24)25)10(20)9(19)7(17)6-16/h7-10,16-20,22H,3-6,14H2,1-2H3,(H,15,21)(H,23,24,25)/t7-,8?,9-,10+,13+/m1/s1. The fourth-order valence-corrected chi connectivity index (χ4v) is 2.42. The maximum atomic E-state index is 12.1. The van der Waals surface area contributed by atoms with Crippen molar-refractivity contribution in [1.82, 2.24) is 5.32 Å². The first-order chi connectivity index (χ1) is 12.1. The quantitative estimate of drug-likeness (QED) is 0.0825. The van der Waals surface area contributed by atoms with Crippen molar-refractivity contribution in [3.05, 3.63) is 0 Å². The van der Waals surface area contributed by atoms with E-state index in [1.54, 1.807) is 13.8 Å². The van der Waals surface area contributed by atoms with Gasteiger partial charge in [-0.1, -0.05) is 0 Å². The molecule has 0 fully saturated rings. The smallest absolute Gasteiger partial charge is 0.394 e. The van der Waals surface area contributed by atoms with Crippen molar-refractivity contribution < 1.29 is 52.6 Å². The zero-order valence-corrected chi connectivity index (χ0v) is 15.7. The van der Waals surface area contributed by atoms with E-state index >= 15 is 0 Å². The predicted molar refractivity (Wildman–Crippen MR) is 89.2 cm³/mol. The SMILES string of the molecule is CC(C)(N)C(O)CCCNC(=O)[C@@](O)(OS(=O)(=O)O)[C@@H](O)[C@H](O)[C@H](O)CO. The molecule has 0 aromatic rings. The molecule has 27 heavy (non-hydrogen) atoms. The van der Waals surface area contributed by atoms with E-state index in [9.17, 15) is 38.7 Å². The van der Waals surface area contributed by atoms with Crippen LogP contribution in [-0.2, 0) is 19.4 Å². The minimum Gasteiger partial charge on any atom is -0.394 e. The lowest BCUT2D eigenvalue weighted by Crippen LogP contribution is -2.63. The highest BCUT2D eigenvalue weighted by atomic mass is 32.3. The van der Waals surface area contributed by atoms with Crippen LogP contribution in [0.15, 0.2) is 0 Å².